The fourth-order valence-electron chi connectivity index (χ4n) is 0.719. The second-order valence-electron chi connectivity index (χ2n) is 2.18. The van der Waals surface area contributed by atoms with E-state index in [0.29, 0.717) is 0 Å². The van der Waals surface area contributed by atoms with Crippen LogP contribution in [-0.2, 0) is 0 Å². The number of rotatable bonds is 7. The molecule has 0 aliphatic heterocycles. The Balaban J connectivity index is 2.65. The SMILES string of the molecule is CCNCCCNCCS. The van der Waals surface area contributed by atoms with Crippen LogP contribution < -0.4 is 10.6 Å². The third-order valence-corrected chi connectivity index (χ3v) is 1.47. The molecule has 62 valence electrons. The highest BCUT2D eigenvalue weighted by atomic mass is 32.1. The minimum Gasteiger partial charge on any atom is -0.317 e. The van der Waals surface area contributed by atoms with Crippen molar-refractivity contribution in [2.24, 2.45) is 0 Å². The lowest BCUT2D eigenvalue weighted by atomic mass is 10.4. The van der Waals surface area contributed by atoms with Crippen LogP contribution in [-0.4, -0.2) is 31.9 Å². The predicted molar refractivity (Wildman–Crippen MR) is 49.9 cm³/mol. The molecule has 0 atom stereocenters. The molecule has 10 heavy (non-hydrogen) atoms. The third kappa shape index (κ3) is 8.27. The molecule has 0 saturated carbocycles. The zero-order chi connectivity index (χ0) is 7.66. The van der Waals surface area contributed by atoms with Crippen molar-refractivity contribution in [1.82, 2.24) is 10.6 Å². The maximum absolute atomic E-state index is 4.09. The highest BCUT2D eigenvalue weighted by Crippen LogP contribution is 1.73. The molecule has 0 aromatic heterocycles. The van der Waals surface area contributed by atoms with Crippen LogP contribution in [0.4, 0.5) is 0 Å². The van der Waals surface area contributed by atoms with Gasteiger partial charge in [-0.2, -0.15) is 12.6 Å². The quantitative estimate of drug-likeness (QED) is 0.375. The fraction of sp³-hybridized carbons (Fsp3) is 1.00. The van der Waals surface area contributed by atoms with Gasteiger partial charge in [-0.15, -0.1) is 0 Å². The van der Waals surface area contributed by atoms with Crippen LogP contribution in [0.1, 0.15) is 13.3 Å². The van der Waals surface area contributed by atoms with Crippen molar-refractivity contribution < 1.29 is 0 Å². The Bertz CT molecular complexity index is 51.6. The Morgan fingerprint density at radius 1 is 1.10 bits per heavy atom. The van der Waals surface area contributed by atoms with Crippen molar-refractivity contribution in [3.63, 3.8) is 0 Å². The van der Waals surface area contributed by atoms with E-state index in [0.717, 1.165) is 31.9 Å². The summed E-state index contributed by atoms with van der Waals surface area (Å²) in [6.07, 6.45) is 1.21. The lowest BCUT2D eigenvalue weighted by Gasteiger charge is -2.02. The fourth-order valence-corrected chi connectivity index (χ4v) is 0.877. The Kier molecular flexibility index (Phi) is 9.52. The van der Waals surface area contributed by atoms with Gasteiger partial charge >= 0.3 is 0 Å². The van der Waals surface area contributed by atoms with E-state index in [1.54, 1.807) is 0 Å². The number of hydrogen-bond acceptors (Lipinski definition) is 3. The highest BCUT2D eigenvalue weighted by molar-refractivity contribution is 7.80. The summed E-state index contributed by atoms with van der Waals surface area (Å²) >= 11 is 4.09. The molecule has 0 amide bonds. The maximum Gasteiger partial charge on any atom is 0.00397 e. The molecule has 0 unspecified atom stereocenters. The van der Waals surface area contributed by atoms with Gasteiger partial charge in [0.1, 0.15) is 0 Å². The number of hydrogen-bond donors (Lipinski definition) is 3. The van der Waals surface area contributed by atoms with E-state index in [4.69, 9.17) is 0 Å². The van der Waals surface area contributed by atoms with Gasteiger partial charge in [0, 0.05) is 12.3 Å². The van der Waals surface area contributed by atoms with Crippen molar-refractivity contribution in [2.45, 2.75) is 13.3 Å². The summed E-state index contributed by atoms with van der Waals surface area (Å²) in [6, 6.07) is 0. The molecule has 0 aliphatic rings. The summed E-state index contributed by atoms with van der Waals surface area (Å²) in [5.74, 6) is 0.932. The molecule has 0 radical (unpaired) electrons. The molecule has 0 bridgehead atoms. The monoisotopic (exact) mass is 162 g/mol. The normalized spacial score (nSPS) is 10.2. The highest BCUT2D eigenvalue weighted by Gasteiger charge is 1.84. The van der Waals surface area contributed by atoms with Crippen molar-refractivity contribution in [3.05, 3.63) is 0 Å². The first-order chi connectivity index (χ1) is 4.91. The van der Waals surface area contributed by atoms with Gasteiger partial charge in [0.25, 0.3) is 0 Å². The lowest BCUT2D eigenvalue weighted by molar-refractivity contribution is 0.621. The van der Waals surface area contributed by atoms with Crippen molar-refractivity contribution >= 4 is 12.6 Å². The van der Waals surface area contributed by atoms with Crippen LogP contribution in [0.3, 0.4) is 0 Å². The summed E-state index contributed by atoms with van der Waals surface area (Å²) in [6.45, 7) is 6.45. The summed E-state index contributed by atoms with van der Waals surface area (Å²) in [7, 11) is 0. The molecule has 0 aromatic carbocycles. The zero-order valence-corrected chi connectivity index (χ0v) is 7.58. The topological polar surface area (TPSA) is 24.1 Å². The molecule has 0 saturated heterocycles. The van der Waals surface area contributed by atoms with Crippen molar-refractivity contribution in [1.29, 1.82) is 0 Å². The summed E-state index contributed by atoms with van der Waals surface area (Å²) in [5.41, 5.74) is 0. The Labute approximate surface area is 69.2 Å². The average Bonchev–Trinajstić information content (AvgIpc) is 1.97. The van der Waals surface area contributed by atoms with Crippen molar-refractivity contribution in [2.75, 3.05) is 31.9 Å². The van der Waals surface area contributed by atoms with Gasteiger partial charge in [-0.05, 0) is 26.1 Å². The number of nitrogens with one attached hydrogen (secondary N) is 2. The van der Waals surface area contributed by atoms with Gasteiger partial charge in [0.2, 0.25) is 0 Å². The molecule has 2 N–H and O–H groups in total. The Morgan fingerprint density at radius 2 is 1.80 bits per heavy atom. The van der Waals surface area contributed by atoms with E-state index in [-0.39, 0.29) is 0 Å². The summed E-state index contributed by atoms with van der Waals surface area (Å²) < 4.78 is 0. The molecular formula is C7H18N2S. The van der Waals surface area contributed by atoms with Gasteiger partial charge in [0.15, 0.2) is 0 Å². The Hall–Kier alpha value is 0.270. The van der Waals surface area contributed by atoms with E-state index in [1.807, 2.05) is 0 Å². The van der Waals surface area contributed by atoms with Crippen LogP contribution in [0.25, 0.3) is 0 Å². The van der Waals surface area contributed by atoms with E-state index < -0.39 is 0 Å². The van der Waals surface area contributed by atoms with E-state index in [9.17, 15) is 0 Å². The maximum atomic E-state index is 4.09. The van der Waals surface area contributed by atoms with Crippen LogP contribution in [0, 0.1) is 0 Å². The lowest BCUT2D eigenvalue weighted by Crippen LogP contribution is -2.22. The average molecular weight is 162 g/mol. The van der Waals surface area contributed by atoms with Gasteiger partial charge in [-0.25, -0.2) is 0 Å². The minimum absolute atomic E-state index is 0.932. The van der Waals surface area contributed by atoms with Gasteiger partial charge in [-0.1, -0.05) is 6.92 Å². The van der Waals surface area contributed by atoms with E-state index in [1.165, 1.54) is 6.42 Å². The van der Waals surface area contributed by atoms with Crippen LogP contribution in [0.15, 0.2) is 0 Å². The zero-order valence-electron chi connectivity index (χ0n) is 6.69. The molecule has 0 fully saturated rings. The first-order valence-electron chi connectivity index (χ1n) is 3.94. The molecule has 2 nitrogen and oxygen atoms in total. The molecule has 3 heteroatoms. The third-order valence-electron chi connectivity index (χ3n) is 1.25. The number of thiol groups is 1. The van der Waals surface area contributed by atoms with Crippen LogP contribution >= 0.6 is 12.6 Å². The minimum atomic E-state index is 0.932. The Morgan fingerprint density at radius 3 is 2.40 bits per heavy atom. The molecule has 0 rings (SSSR count). The van der Waals surface area contributed by atoms with Gasteiger partial charge in [0.05, 0.1) is 0 Å². The van der Waals surface area contributed by atoms with Crippen LogP contribution in [0.5, 0.6) is 0 Å². The standard InChI is InChI=1S/C7H18N2S/c1-2-8-4-3-5-9-6-7-10/h8-10H,2-7H2,1H3. The molecule has 0 spiro atoms. The second kappa shape index (κ2) is 9.27. The van der Waals surface area contributed by atoms with Gasteiger partial charge in [-0.3, -0.25) is 0 Å². The largest absolute Gasteiger partial charge is 0.317 e. The molecule has 0 aliphatic carbocycles. The van der Waals surface area contributed by atoms with E-state index >= 15 is 0 Å². The molecule has 0 heterocycles. The molecule has 0 aromatic rings. The smallest absolute Gasteiger partial charge is 0.00397 e. The van der Waals surface area contributed by atoms with Gasteiger partial charge < -0.3 is 10.6 Å². The first-order valence-corrected chi connectivity index (χ1v) is 4.57. The molecular weight excluding hydrogens is 144 g/mol. The van der Waals surface area contributed by atoms with Crippen molar-refractivity contribution in [3.8, 4) is 0 Å². The van der Waals surface area contributed by atoms with Crippen LogP contribution in [0.2, 0.25) is 0 Å². The first kappa shape index (κ1) is 10.3. The second-order valence-corrected chi connectivity index (χ2v) is 2.63. The summed E-state index contributed by atoms with van der Waals surface area (Å²) in [5, 5.41) is 6.54. The predicted octanol–water partition coefficient (Wildman–Crippen LogP) is 0.505. The summed E-state index contributed by atoms with van der Waals surface area (Å²) in [4.78, 5) is 0. The van der Waals surface area contributed by atoms with E-state index in [2.05, 4.69) is 30.2 Å².